The monoisotopic (exact) mass is 267 g/mol. The predicted octanol–water partition coefficient (Wildman–Crippen LogP) is 1.97. The summed E-state index contributed by atoms with van der Waals surface area (Å²) in [6.45, 7) is 2.79. The van der Waals surface area contributed by atoms with E-state index in [2.05, 4.69) is 10.1 Å². The molecule has 1 heterocycles. The predicted molar refractivity (Wildman–Crippen MR) is 70.0 cm³/mol. The van der Waals surface area contributed by atoms with Crippen molar-refractivity contribution in [1.82, 2.24) is 10.1 Å². The lowest BCUT2D eigenvalue weighted by molar-refractivity contribution is -0.144. The van der Waals surface area contributed by atoms with E-state index in [1.54, 1.807) is 0 Å². The third kappa shape index (κ3) is 2.88. The Labute approximate surface area is 113 Å². The molecule has 2 rings (SSSR count). The fraction of sp³-hybridized carbons (Fsp3) is 0.769. The van der Waals surface area contributed by atoms with Crippen molar-refractivity contribution >= 4 is 11.9 Å². The topological polar surface area (TPSA) is 68.5 Å². The molecule has 0 radical (unpaired) electrons. The van der Waals surface area contributed by atoms with Gasteiger partial charge < -0.3 is 14.2 Å². The summed E-state index contributed by atoms with van der Waals surface area (Å²) < 4.78 is 10.2. The van der Waals surface area contributed by atoms with Crippen LogP contribution in [0.4, 0.5) is 5.95 Å². The molecule has 0 aromatic carbocycles. The molecule has 1 atom stereocenters. The molecule has 0 saturated heterocycles. The Morgan fingerprint density at radius 3 is 2.79 bits per heavy atom. The van der Waals surface area contributed by atoms with Gasteiger partial charge >= 0.3 is 5.97 Å². The minimum absolute atomic E-state index is 0.257. The number of nitrogens with zero attached hydrogens (tertiary/aromatic N) is 3. The van der Waals surface area contributed by atoms with Crippen molar-refractivity contribution in [3.05, 3.63) is 5.89 Å². The summed E-state index contributed by atoms with van der Waals surface area (Å²) in [4.78, 5) is 18.2. The number of carbonyl (C=O) groups excluding carboxylic acids is 1. The van der Waals surface area contributed by atoms with Crippen molar-refractivity contribution < 1.29 is 14.1 Å². The molecular formula is C13H21N3O3. The largest absolute Gasteiger partial charge is 0.468 e. The quantitative estimate of drug-likeness (QED) is 0.760. The number of aromatic nitrogens is 2. The van der Waals surface area contributed by atoms with Gasteiger partial charge in [-0.2, -0.15) is 4.98 Å². The number of esters is 1. The molecule has 1 aromatic heterocycles. The van der Waals surface area contributed by atoms with Crippen LogP contribution in [0.3, 0.4) is 0 Å². The highest BCUT2D eigenvalue weighted by atomic mass is 16.5. The molecule has 0 N–H and O–H groups in total. The fourth-order valence-corrected chi connectivity index (χ4v) is 2.56. The lowest BCUT2D eigenvalue weighted by Gasteiger charge is -2.17. The van der Waals surface area contributed by atoms with Gasteiger partial charge in [-0.15, -0.1) is 0 Å². The Kier molecular flexibility index (Phi) is 4.39. The molecule has 0 spiro atoms. The summed E-state index contributed by atoms with van der Waals surface area (Å²) in [7, 11) is 3.29. The zero-order chi connectivity index (χ0) is 13.8. The summed E-state index contributed by atoms with van der Waals surface area (Å²) in [5.74, 6) is 0.464. The van der Waals surface area contributed by atoms with Crippen LogP contribution in [0, 0.1) is 5.92 Å². The highest BCUT2D eigenvalue weighted by Gasteiger charge is 2.37. The fourth-order valence-electron chi connectivity index (χ4n) is 2.56. The number of hydrogen-bond acceptors (Lipinski definition) is 6. The van der Waals surface area contributed by atoms with Gasteiger partial charge in [-0.05, 0) is 30.8 Å². The van der Waals surface area contributed by atoms with Crippen molar-refractivity contribution in [1.29, 1.82) is 0 Å². The number of carbonyl (C=O) groups is 1. The van der Waals surface area contributed by atoms with E-state index in [1.165, 1.54) is 7.11 Å². The van der Waals surface area contributed by atoms with Gasteiger partial charge in [-0.25, -0.2) is 0 Å². The third-order valence-electron chi connectivity index (χ3n) is 3.84. The second kappa shape index (κ2) is 6.04. The van der Waals surface area contributed by atoms with Gasteiger partial charge in [0.1, 0.15) is 5.92 Å². The van der Waals surface area contributed by atoms with E-state index in [1.807, 2.05) is 18.9 Å². The van der Waals surface area contributed by atoms with Crippen LogP contribution in [0.25, 0.3) is 0 Å². The number of anilines is 1. The minimum Gasteiger partial charge on any atom is -0.468 e. The molecule has 106 valence electrons. The van der Waals surface area contributed by atoms with Crippen molar-refractivity contribution in [3.8, 4) is 0 Å². The molecule has 0 aliphatic heterocycles. The van der Waals surface area contributed by atoms with Crippen LogP contribution in [0.15, 0.2) is 4.52 Å². The van der Waals surface area contributed by atoms with Gasteiger partial charge in [0.15, 0.2) is 0 Å². The van der Waals surface area contributed by atoms with Gasteiger partial charge in [0.2, 0.25) is 5.89 Å². The SMILES string of the molecule is CCN(C)c1noc(C(C(=O)OC)C2CCCC2)n1. The van der Waals surface area contributed by atoms with E-state index < -0.39 is 5.92 Å². The van der Waals surface area contributed by atoms with Crippen LogP contribution in [0.2, 0.25) is 0 Å². The number of ether oxygens (including phenoxy) is 1. The number of hydrogen-bond donors (Lipinski definition) is 0. The highest BCUT2D eigenvalue weighted by molar-refractivity contribution is 5.77. The van der Waals surface area contributed by atoms with Crippen LogP contribution in [0.5, 0.6) is 0 Å². The number of methoxy groups -OCH3 is 1. The first-order chi connectivity index (χ1) is 9.17. The van der Waals surface area contributed by atoms with Gasteiger partial charge in [0, 0.05) is 13.6 Å². The summed E-state index contributed by atoms with van der Waals surface area (Å²) in [6, 6.07) is 0. The Morgan fingerprint density at radius 1 is 1.53 bits per heavy atom. The van der Waals surface area contributed by atoms with E-state index in [0.717, 1.165) is 32.2 Å². The molecular weight excluding hydrogens is 246 g/mol. The maximum atomic E-state index is 12.0. The molecule has 1 aliphatic rings. The normalized spacial score (nSPS) is 17.4. The average molecular weight is 267 g/mol. The first-order valence-corrected chi connectivity index (χ1v) is 6.80. The van der Waals surface area contributed by atoms with Crippen LogP contribution in [0.1, 0.15) is 44.4 Å². The Bertz CT molecular complexity index is 427. The average Bonchev–Trinajstić information content (AvgIpc) is 3.09. The molecule has 0 amide bonds. The van der Waals surface area contributed by atoms with Crippen LogP contribution in [-0.2, 0) is 9.53 Å². The second-order valence-electron chi connectivity index (χ2n) is 4.99. The molecule has 0 bridgehead atoms. The zero-order valence-electron chi connectivity index (χ0n) is 11.8. The molecule has 19 heavy (non-hydrogen) atoms. The maximum absolute atomic E-state index is 12.0. The zero-order valence-corrected chi connectivity index (χ0v) is 11.8. The first kappa shape index (κ1) is 13.8. The Morgan fingerprint density at radius 2 is 2.21 bits per heavy atom. The van der Waals surface area contributed by atoms with Gasteiger partial charge in [0.25, 0.3) is 5.95 Å². The standard InChI is InChI=1S/C13H21N3O3/c1-4-16(2)13-14-11(19-15-13)10(12(17)18-3)9-7-5-6-8-9/h9-10H,4-8H2,1-3H3. The maximum Gasteiger partial charge on any atom is 0.318 e. The lowest BCUT2D eigenvalue weighted by atomic mass is 9.91. The van der Waals surface area contributed by atoms with Crippen LogP contribution in [-0.4, -0.2) is 36.8 Å². The lowest BCUT2D eigenvalue weighted by Crippen LogP contribution is -2.22. The van der Waals surface area contributed by atoms with Crippen molar-refractivity contribution in [2.45, 2.75) is 38.5 Å². The van der Waals surface area contributed by atoms with Crippen LogP contribution < -0.4 is 4.90 Å². The van der Waals surface area contributed by atoms with E-state index in [9.17, 15) is 4.79 Å². The van der Waals surface area contributed by atoms with E-state index in [0.29, 0.717) is 11.8 Å². The minimum atomic E-state index is -0.418. The van der Waals surface area contributed by atoms with E-state index in [4.69, 9.17) is 9.26 Å². The van der Waals surface area contributed by atoms with E-state index >= 15 is 0 Å². The molecule has 1 saturated carbocycles. The van der Waals surface area contributed by atoms with Crippen molar-refractivity contribution in [2.24, 2.45) is 5.92 Å². The first-order valence-electron chi connectivity index (χ1n) is 6.80. The molecule has 1 aliphatic carbocycles. The van der Waals surface area contributed by atoms with Gasteiger partial charge in [-0.1, -0.05) is 12.8 Å². The third-order valence-corrected chi connectivity index (χ3v) is 3.84. The smallest absolute Gasteiger partial charge is 0.318 e. The Balaban J connectivity index is 2.22. The van der Waals surface area contributed by atoms with Crippen LogP contribution >= 0.6 is 0 Å². The number of rotatable bonds is 5. The Hall–Kier alpha value is -1.59. The van der Waals surface area contributed by atoms with E-state index in [-0.39, 0.29) is 11.9 Å². The molecule has 6 heteroatoms. The molecule has 1 fully saturated rings. The van der Waals surface area contributed by atoms with Gasteiger partial charge in [0.05, 0.1) is 7.11 Å². The van der Waals surface area contributed by atoms with Crippen molar-refractivity contribution in [3.63, 3.8) is 0 Å². The van der Waals surface area contributed by atoms with Crippen molar-refractivity contribution in [2.75, 3.05) is 25.6 Å². The highest BCUT2D eigenvalue weighted by Crippen LogP contribution is 2.37. The summed E-state index contributed by atoms with van der Waals surface area (Å²) in [6.07, 6.45) is 4.32. The molecule has 1 unspecified atom stereocenters. The summed E-state index contributed by atoms with van der Waals surface area (Å²) in [5.41, 5.74) is 0. The molecule has 6 nitrogen and oxygen atoms in total. The summed E-state index contributed by atoms with van der Waals surface area (Å²) in [5, 5.41) is 3.93. The molecule has 1 aromatic rings. The second-order valence-corrected chi connectivity index (χ2v) is 4.99. The summed E-state index contributed by atoms with van der Waals surface area (Å²) >= 11 is 0. The van der Waals surface area contributed by atoms with Gasteiger partial charge in [-0.3, -0.25) is 4.79 Å².